The van der Waals surface area contributed by atoms with Gasteiger partial charge in [0.05, 0.1) is 16.3 Å². The van der Waals surface area contributed by atoms with Crippen molar-refractivity contribution in [3.05, 3.63) is 62.8 Å². The highest BCUT2D eigenvalue weighted by Crippen LogP contribution is 2.27. The number of nitrogens with one attached hydrogen (secondary N) is 1. The minimum Gasteiger partial charge on any atom is -0.319 e. The minimum atomic E-state index is -0.473. The lowest BCUT2D eigenvalue weighted by Gasteiger charge is -2.09. The van der Waals surface area contributed by atoms with Crippen LogP contribution in [0.15, 0.2) is 40.9 Å². The minimum absolute atomic E-state index is 0.131. The van der Waals surface area contributed by atoms with Crippen LogP contribution in [0.5, 0.6) is 0 Å². The Kier molecular flexibility index (Phi) is 4.22. The monoisotopic (exact) mass is 341 g/mol. The van der Waals surface area contributed by atoms with Crippen LogP contribution in [0.1, 0.15) is 15.9 Å². The molecule has 5 heteroatoms. The first-order valence-corrected chi connectivity index (χ1v) is 6.67. The van der Waals surface area contributed by atoms with Crippen LogP contribution in [0, 0.1) is 12.7 Å². The standard InChI is InChI=1S/C14H10BrClFNO/c1-8-5-6-12(11(17)7-8)18-14(19)9-3-2-4-10(15)13(9)16/h2-7H,1H3,(H,18,19). The Balaban J connectivity index is 2.28. The Morgan fingerprint density at radius 1 is 1.32 bits per heavy atom. The van der Waals surface area contributed by atoms with Gasteiger partial charge in [0.15, 0.2) is 0 Å². The number of rotatable bonds is 2. The molecule has 98 valence electrons. The van der Waals surface area contributed by atoms with Gasteiger partial charge in [0.2, 0.25) is 0 Å². The van der Waals surface area contributed by atoms with Crippen molar-refractivity contribution in [3.63, 3.8) is 0 Å². The Morgan fingerprint density at radius 3 is 2.74 bits per heavy atom. The third-order valence-corrected chi connectivity index (χ3v) is 3.87. The highest BCUT2D eigenvalue weighted by Gasteiger charge is 2.14. The van der Waals surface area contributed by atoms with Crippen LogP contribution in [0.4, 0.5) is 10.1 Å². The Labute approximate surface area is 123 Å². The van der Waals surface area contributed by atoms with Crippen molar-refractivity contribution >= 4 is 39.1 Å². The molecule has 2 nitrogen and oxygen atoms in total. The van der Waals surface area contributed by atoms with Crippen LogP contribution >= 0.6 is 27.5 Å². The molecule has 1 amide bonds. The number of halogens is 3. The van der Waals surface area contributed by atoms with Crippen molar-refractivity contribution in [1.82, 2.24) is 0 Å². The highest BCUT2D eigenvalue weighted by molar-refractivity contribution is 9.10. The van der Waals surface area contributed by atoms with E-state index in [4.69, 9.17) is 11.6 Å². The number of hydrogen-bond donors (Lipinski definition) is 1. The molecule has 0 heterocycles. The number of amides is 1. The molecular weight excluding hydrogens is 333 g/mol. The third-order valence-electron chi connectivity index (χ3n) is 2.57. The second kappa shape index (κ2) is 5.72. The van der Waals surface area contributed by atoms with E-state index in [1.807, 2.05) is 0 Å². The number of hydrogen-bond acceptors (Lipinski definition) is 1. The molecule has 0 atom stereocenters. The molecule has 0 radical (unpaired) electrons. The normalized spacial score (nSPS) is 10.3. The maximum atomic E-state index is 13.6. The van der Waals surface area contributed by atoms with Gasteiger partial charge in [0, 0.05) is 4.47 Å². The molecule has 0 saturated carbocycles. The number of aryl methyl sites for hydroxylation is 1. The molecule has 0 saturated heterocycles. The molecule has 0 fully saturated rings. The van der Waals surface area contributed by atoms with Crippen molar-refractivity contribution in [2.24, 2.45) is 0 Å². The zero-order valence-electron chi connectivity index (χ0n) is 10.0. The first-order valence-electron chi connectivity index (χ1n) is 5.50. The molecule has 0 unspecified atom stereocenters. The second-order valence-electron chi connectivity index (χ2n) is 4.04. The van der Waals surface area contributed by atoms with Gasteiger partial charge in [-0.2, -0.15) is 0 Å². The number of carbonyl (C=O) groups is 1. The average Bonchev–Trinajstić information content (AvgIpc) is 2.36. The topological polar surface area (TPSA) is 29.1 Å². The van der Waals surface area contributed by atoms with Gasteiger partial charge in [-0.15, -0.1) is 0 Å². The molecule has 1 N–H and O–H groups in total. The van der Waals surface area contributed by atoms with Crippen LogP contribution in [0.25, 0.3) is 0 Å². The molecule has 2 aromatic carbocycles. The Bertz CT molecular complexity index is 645. The van der Waals surface area contributed by atoms with Crippen molar-refractivity contribution in [1.29, 1.82) is 0 Å². The highest BCUT2D eigenvalue weighted by atomic mass is 79.9. The number of anilines is 1. The zero-order valence-corrected chi connectivity index (χ0v) is 12.3. The fourth-order valence-corrected chi connectivity index (χ4v) is 2.17. The lowest BCUT2D eigenvalue weighted by Crippen LogP contribution is -2.13. The molecular formula is C14H10BrClFNO. The van der Waals surface area contributed by atoms with E-state index in [2.05, 4.69) is 21.2 Å². The summed E-state index contributed by atoms with van der Waals surface area (Å²) in [6.45, 7) is 1.78. The molecule has 0 aliphatic rings. The molecule has 0 aliphatic carbocycles. The third kappa shape index (κ3) is 3.14. The summed E-state index contributed by atoms with van der Waals surface area (Å²) in [7, 11) is 0. The van der Waals surface area contributed by atoms with E-state index in [9.17, 15) is 9.18 Å². The van der Waals surface area contributed by atoms with Gasteiger partial charge in [0.1, 0.15) is 5.82 Å². The largest absolute Gasteiger partial charge is 0.319 e. The fraction of sp³-hybridized carbons (Fsp3) is 0.0714. The summed E-state index contributed by atoms with van der Waals surface area (Å²) in [6.07, 6.45) is 0. The lowest BCUT2D eigenvalue weighted by molar-refractivity contribution is 0.102. The first-order chi connectivity index (χ1) is 8.99. The van der Waals surface area contributed by atoms with Gasteiger partial charge < -0.3 is 5.32 Å². The van der Waals surface area contributed by atoms with E-state index >= 15 is 0 Å². The number of benzene rings is 2. The van der Waals surface area contributed by atoms with Gasteiger partial charge in [-0.1, -0.05) is 23.7 Å². The van der Waals surface area contributed by atoms with E-state index in [-0.39, 0.29) is 11.3 Å². The van der Waals surface area contributed by atoms with E-state index < -0.39 is 11.7 Å². The molecule has 0 aromatic heterocycles. The second-order valence-corrected chi connectivity index (χ2v) is 5.27. The quantitative estimate of drug-likeness (QED) is 0.834. The van der Waals surface area contributed by atoms with Crippen molar-refractivity contribution in [2.45, 2.75) is 6.92 Å². The summed E-state index contributed by atoms with van der Waals surface area (Å²) in [4.78, 5) is 12.0. The lowest BCUT2D eigenvalue weighted by atomic mass is 10.2. The smallest absolute Gasteiger partial charge is 0.257 e. The summed E-state index contributed by atoms with van der Waals surface area (Å²) >= 11 is 9.26. The van der Waals surface area contributed by atoms with E-state index in [1.54, 1.807) is 31.2 Å². The predicted molar refractivity (Wildman–Crippen MR) is 78.2 cm³/mol. The molecule has 0 spiro atoms. The Morgan fingerprint density at radius 2 is 2.05 bits per heavy atom. The van der Waals surface area contributed by atoms with Crippen molar-refractivity contribution in [3.8, 4) is 0 Å². The molecule has 0 aliphatic heterocycles. The maximum absolute atomic E-state index is 13.6. The van der Waals surface area contributed by atoms with Crippen LogP contribution in [0.2, 0.25) is 5.02 Å². The van der Waals surface area contributed by atoms with Gasteiger partial charge in [-0.05, 0) is 52.7 Å². The summed E-state index contributed by atoms with van der Waals surface area (Å²) in [6, 6.07) is 9.60. The van der Waals surface area contributed by atoms with Crippen molar-refractivity contribution < 1.29 is 9.18 Å². The van der Waals surface area contributed by atoms with Crippen LogP contribution in [-0.2, 0) is 0 Å². The summed E-state index contributed by atoms with van der Waals surface area (Å²) in [5.41, 5.74) is 1.21. The van der Waals surface area contributed by atoms with E-state index in [0.717, 1.165) is 5.56 Å². The van der Waals surface area contributed by atoms with E-state index in [0.29, 0.717) is 9.50 Å². The number of carbonyl (C=O) groups excluding carboxylic acids is 1. The van der Waals surface area contributed by atoms with Crippen molar-refractivity contribution in [2.75, 3.05) is 5.32 Å². The maximum Gasteiger partial charge on any atom is 0.257 e. The SMILES string of the molecule is Cc1ccc(NC(=O)c2cccc(Br)c2Cl)c(F)c1. The predicted octanol–water partition coefficient (Wildman–Crippen LogP) is 4.80. The van der Waals surface area contributed by atoms with Gasteiger partial charge in [-0.25, -0.2) is 4.39 Å². The fourth-order valence-electron chi connectivity index (χ4n) is 1.59. The average molecular weight is 343 g/mol. The Hall–Kier alpha value is -1.39. The van der Waals surface area contributed by atoms with Crippen LogP contribution in [-0.4, -0.2) is 5.91 Å². The summed E-state index contributed by atoms with van der Waals surface area (Å²) < 4.78 is 14.3. The van der Waals surface area contributed by atoms with Crippen LogP contribution < -0.4 is 5.32 Å². The molecule has 2 aromatic rings. The molecule has 0 bridgehead atoms. The molecule has 19 heavy (non-hydrogen) atoms. The first kappa shape index (κ1) is 14.0. The van der Waals surface area contributed by atoms with E-state index in [1.165, 1.54) is 12.1 Å². The van der Waals surface area contributed by atoms with Gasteiger partial charge >= 0.3 is 0 Å². The van der Waals surface area contributed by atoms with Crippen LogP contribution in [0.3, 0.4) is 0 Å². The summed E-state index contributed by atoms with van der Waals surface area (Å²) in [5, 5.41) is 2.80. The molecule has 2 rings (SSSR count). The van der Waals surface area contributed by atoms with Gasteiger partial charge in [-0.3, -0.25) is 4.79 Å². The van der Waals surface area contributed by atoms with Gasteiger partial charge in [0.25, 0.3) is 5.91 Å². The summed E-state index contributed by atoms with van der Waals surface area (Å²) in [5.74, 6) is -0.923. The zero-order chi connectivity index (χ0) is 14.0.